The summed E-state index contributed by atoms with van der Waals surface area (Å²) in [5, 5.41) is 12.5. The van der Waals surface area contributed by atoms with Crippen LogP contribution < -0.4 is 0 Å². The summed E-state index contributed by atoms with van der Waals surface area (Å²) >= 11 is 0. The van der Waals surface area contributed by atoms with Gasteiger partial charge in [-0.25, -0.2) is 0 Å². The van der Waals surface area contributed by atoms with Gasteiger partial charge in [-0.15, -0.1) is 0 Å². The van der Waals surface area contributed by atoms with E-state index >= 15 is 0 Å². The molecule has 2 aliphatic rings. The van der Waals surface area contributed by atoms with Crippen molar-refractivity contribution in [1.82, 2.24) is 4.90 Å². The Morgan fingerprint density at radius 3 is 2.74 bits per heavy atom. The van der Waals surface area contributed by atoms with Crippen LogP contribution in [0.3, 0.4) is 0 Å². The van der Waals surface area contributed by atoms with Gasteiger partial charge < -0.3 is 10.0 Å². The van der Waals surface area contributed by atoms with Crippen molar-refractivity contribution >= 4 is 16.7 Å². The van der Waals surface area contributed by atoms with Crippen LogP contribution >= 0.6 is 0 Å². The molecule has 1 saturated carbocycles. The first-order chi connectivity index (χ1) is 11.1. The molecule has 1 amide bonds. The number of benzene rings is 2. The summed E-state index contributed by atoms with van der Waals surface area (Å²) in [6.07, 6.45) is 1.48. The second-order valence-electron chi connectivity index (χ2n) is 7.17. The van der Waals surface area contributed by atoms with E-state index in [1.54, 1.807) is 0 Å². The molecule has 4 unspecified atom stereocenters. The maximum absolute atomic E-state index is 12.7. The van der Waals surface area contributed by atoms with E-state index in [0.717, 1.165) is 19.4 Å². The van der Waals surface area contributed by atoms with E-state index in [4.69, 9.17) is 0 Å². The monoisotopic (exact) mass is 309 g/mol. The SMILES string of the molecule is CC1CCN(C(=O)C2CC2c2ccc3ccccc3c2)CC1O. The molecule has 2 fully saturated rings. The number of hydrogen-bond donors (Lipinski definition) is 1. The molecule has 23 heavy (non-hydrogen) atoms. The molecule has 0 radical (unpaired) electrons. The lowest BCUT2D eigenvalue weighted by molar-refractivity contribution is -0.136. The number of β-amino-alcohol motifs (C(OH)–C–C–N with tert-alkyl or cyclic N) is 1. The Labute approximate surface area is 136 Å². The Morgan fingerprint density at radius 1 is 1.17 bits per heavy atom. The minimum atomic E-state index is -0.370. The second-order valence-corrected chi connectivity index (χ2v) is 7.17. The Balaban J connectivity index is 1.47. The average molecular weight is 309 g/mol. The number of carbonyl (C=O) groups excluding carboxylic acids is 1. The predicted octanol–water partition coefficient (Wildman–Crippen LogP) is 3.17. The molecule has 1 aliphatic carbocycles. The molecule has 1 saturated heterocycles. The zero-order valence-corrected chi connectivity index (χ0v) is 13.5. The van der Waals surface area contributed by atoms with Crippen molar-refractivity contribution in [3.05, 3.63) is 48.0 Å². The summed E-state index contributed by atoms with van der Waals surface area (Å²) in [4.78, 5) is 14.5. The molecule has 0 spiro atoms. The Hall–Kier alpha value is -1.87. The zero-order chi connectivity index (χ0) is 16.0. The van der Waals surface area contributed by atoms with Gasteiger partial charge in [0.2, 0.25) is 5.91 Å². The van der Waals surface area contributed by atoms with E-state index in [-0.39, 0.29) is 17.9 Å². The van der Waals surface area contributed by atoms with Gasteiger partial charge in [0.05, 0.1) is 6.10 Å². The maximum atomic E-state index is 12.7. The molecule has 120 valence electrons. The van der Waals surface area contributed by atoms with Gasteiger partial charge in [-0.1, -0.05) is 49.4 Å². The smallest absolute Gasteiger partial charge is 0.226 e. The van der Waals surface area contributed by atoms with Gasteiger partial charge in [-0.3, -0.25) is 4.79 Å². The third-order valence-corrected chi connectivity index (χ3v) is 5.54. The topological polar surface area (TPSA) is 40.5 Å². The summed E-state index contributed by atoms with van der Waals surface area (Å²) < 4.78 is 0. The molecule has 1 heterocycles. The first-order valence-electron chi connectivity index (χ1n) is 8.59. The van der Waals surface area contributed by atoms with E-state index < -0.39 is 0 Å². The zero-order valence-electron chi connectivity index (χ0n) is 13.5. The molecular formula is C20H23NO2. The fraction of sp³-hybridized carbons (Fsp3) is 0.450. The molecule has 4 atom stereocenters. The number of nitrogens with zero attached hydrogens (tertiary/aromatic N) is 1. The van der Waals surface area contributed by atoms with Gasteiger partial charge in [0, 0.05) is 19.0 Å². The fourth-order valence-electron chi connectivity index (χ4n) is 3.76. The van der Waals surface area contributed by atoms with Crippen molar-refractivity contribution in [2.24, 2.45) is 11.8 Å². The van der Waals surface area contributed by atoms with Crippen LogP contribution in [0.2, 0.25) is 0 Å². The van der Waals surface area contributed by atoms with E-state index in [1.165, 1.54) is 16.3 Å². The van der Waals surface area contributed by atoms with Gasteiger partial charge in [0.15, 0.2) is 0 Å². The van der Waals surface area contributed by atoms with E-state index in [2.05, 4.69) is 43.3 Å². The lowest BCUT2D eigenvalue weighted by Crippen LogP contribution is -2.46. The van der Waals surface area contributed by atoms with Gasteiger partial charge in [0.25, 0.3) is 0 Å². The van der Waals surface area contributed by atoms with E-state index in [1.807, 2.05) is 11.0 Å². The van der Waals surface area contributed by atoms with Crippen LogP contribution in [-0.4, -0.2) is 35.1 Å². The summed E-state index contributed by atoms with van der Waals surface area (Å²) in [5.74, 6) is 0.990. The van der Waals surface area contributed by atoms with Crippen molar-refractivity contribution in [2.45, 2.75) is 31.8 Å². The van der Waals surface area contributed by atoms with Crippen molar-refractivity contribution < 1.29 is 9.90 Å². The van der Waals surface area contributed by atoms with Crippen LogP contribution in [0.4, 0.5) is 0 Å². The Morgan fingerprint density at radius 2 is 1.96 bits per heavy atom. The van der Waals surface area contributed by atoms with E-state index in [9.17, 15) is 9.90 Å². The van der Waals surface area contributed by atoms with E-state index in [0.29, 0.717) is 18.4 Å². The van der Waals surface area contributed by atoms with Crippen molar-refractivity contribution in [2.75, 3.05) is 13.1 Å². The minimum Gasteiger partial charge on any atom is -0.391 e. The van der Waals surface area contributed by atoms with Crippen LogP contribution in [-0.2, 0) is 4.79 Å². The summed E-state index contributed by atoms with van der Waals surface area (Å²) in [7, 11) is 0. The molecule has 1 aliphatic heterocycles. The number of aliphatic hydroxyl groups excluding tert-OH is 1. The number of amides is 1. The summed E-state index contributed by atoms with van der Waals surface area (Å²) in [6, 6.07) is 14.9. The van der Waals surface area contributed by atoms with Gasteiger partial charge >= 0.3 is 0 Å². The van der Waals surface area contributed by atoms with Crippen LogP contribution in [0.15, 0.2) is 42.5 Å². The van der Waals surface area contributed by atoms with Crippen LogP contribution in [0.1, 0.15) is 31.2 Å². The van der Waals surface area contributed by atoms with Gasteiger partial charge in [0.1, 0.15) is 0 Å². The van der Waals surface area contributed by atoms with Crippen molar-refractivity contribution in [1.29, 1.82) is 0 Å². The summed E-state index contributed by atoms with van der Waals surface area (Å²) in [5.41, 5.74) is 1.27. The maximum Gasteiger partial charge on any atom is 0.226 e. The highest BCUT2D eigenvalue weighted by molar-refractivity contribution is 5.86. The number of aliphatic hydroxyl groups is 1. The van der Waals surface area contributed by atoms with Gasteiger partial charge in [-0.05, 0) is 41.0 Å². The molecule has 0 bridgehead atoms. The largest absolute Gasteiger partial charge is 0.391 e. The molecule has 3 heteroatoms. The molecular weight excluding hydrogens is 286 g/mol. The fourth-order valence-corrected chi connectivity index (χ4v) is 3.76. The second kappa shape index (κ2) is 5.64. The minimum absolute atomic E-state index is 0.108. The Kier molecular flexibility index (Phi) is 3.61. The Bertz CT molecular complexity index is 741. The lowest BCUT2D eigenvalue weighted by Gasteiger charge is -2.34. The predicted molar refractivity (Wildman–Crippen MR) is 91.2 cm³/mol. The van der Waals surface area contributed by atoms with Crippen LogP contribution in [0.25, 0.3) is 10.8 Å². The first kappa shape index (κ1) is 14.7. The molecule has 0 aromatic heterocycles. The number of carbonyl (C=O) groups is 1. The number of rotatable bonds is 2. The number of piperidine rings is 1. The van der Waals surface area contributed by atoms with Crippen LogP contribution in [0.5, 0.6) is 0 Å². The highest BCUT2D eigenvalue weighted by atomic mass is 16.3. The highest BCUT2D eigenvalue weighted by Gasteiger charge is 2.46. The highest BCUT2D eigenvalue weighted by Crippen LogP contribution is 2.49. The summed E-state index contributed by atoms with van der Waals surface area (Å²) in [6.45, 7) is 3.35. The van der Waals surface area contributed by atoms with Crippen LogP contribution in [0, 0.1) is 11.8 Å². The average Bonchev–Trinajstić information content (AvgIpc) is 3.37. The number of likely N-dealkylation sites (tertiary alicyclic amines) is 1. The van der Waals surface area contributed by atoms with Crippen molar-refractivity contribution in [3.8, 4) is 0 Å². The third kappa shape index (κ3) is 2.74. The van der Waals surface area contributed by atoms with Crippen molar-refractivity contribution in [3.63, 3.8) is 0 Å². The standard InChI is InChI=1S/C20H23NO2/c1-13-8-9-21(12-19(13)22)20(23)18-11-17(18)16-7-6-14-4-2-3-5-15(14)10-16/h2-7,10,13,17-19,22H,8-9,11-12H2,1H3. The number of hydrogen-bond acceptors (Lipinski definition) is 2. The third-order valence-electron chi connectivity index (χ3n) is 5.54. The lowest BCUT2D eigenvalue weighted by atomic mass is 9.95. The first-order valence-corrected chi connectivity index (χ1v) is 8.59. The molecule has 2 aromatic carbocycles. The quantitative estimate of drug-likeness (QED) is 0.925. The number of fused-ring (bicyclic) bond motifs is 1. The molecule has 4 rings (SSSR count). The molecule has 2 aromatic rings. The van der Waals surface area contributed by atoms with Gasteiger partial charge in [-0.2, -0.15) is 0 Å². The molecule has 3 nitrogen and oxygen atoms in total. The molecule has 1 N–H and O–H groups in total. The normalized spacial score (nSPS) is 30.4.